The van der Waals surface area contributed by atoms with Crippen LogP contribution in [0.5, 0.6) is 0 Å². The predicted molar refractivity (Wildman–Crippen MR) is 75.9 cm³/mol. The molecule has 3 rings (SSSR count). The molecule has 1 atom stereocenters. The van der Waals surface area contributed by atoms with Crippen molar-refractivity contribution < 1.29 is 9.18 Å². The van der Waals surface area contributed by atoms with Gasteiger partial charge in [-0.2, -0.15) is 0 Å². The molecular weight excluding hydrogens is 255 g/mol. The van der Waals surface area contributed by atoms with Gasteiger partial charge in [0.2, 0.25) is 5.91 Å². The minimum atomic E-state index is -0.183. The van der Waals surface area contributed by atoms with Crippen molar-refractivity contribution in [1.29, 1.82) is 0 Å². The quantitative estimate of drug-likeness (QED) is 0.889. The number of nitrogens with one attached hydrogen (secondary N) is 2. The van der Waals surface area contributed by atoms with Crippen molar-refractivity contribution in [3.8, 4) is 0 Å². The highest BCUT2D eigenvalue weighted by Gasteiger charge is 2.33. The molecule has 2 aliphatic rings. The summed E-state index contributed by atoms with van der Waals surface area (Å²) in [6.45, 7) is 0.805. The topological polar surface area (TPSA) is 41.1 Å². The molecule has 20 heavy (non-hydrogen) atoms. The Bertz CT molecular complexity index is 468. The molecule has 1 aromatic carbocycles. The summed E-state index contributed by atoms with van der Waals surface area (Å²) < 4.78 is 12.9. The third-order valence-corrected chi connectivity index (χ3v) is 4.45. The van der Waals surface area contributed by atoms with Crippen molar-refractivity contribution in [2.75, 3.05) is 6.54 Å². The molecule has 108 valence electrons. The first kappa shape index (κ1) is 13.6. The zero-order valence-electron chi connectivity index (χ0n) is 11.6. The van der Waals surface area contributed by atoms with Gasteiger partial charge in [-0.15, -0.1) is 0 Å². The summed E-state index contributed by atoms with van der Waals surface area (Å²) in [6.07, 6.45) is 5.19. The molecule has 2 fully saturated rings. The fourth-order valence-electron chi connectivity index (χ4n) is 3.14. The van der Waals surface area contributed by atoms with E-state index in [2.05, 4.69) is 10.6 Å². The summed E-state index contributed by atoms with van der Waals surface area (Å²) in [5, 5.41) is 6.42. The molecule has 1 unspecified atom stereocenters. The second-order valence-electron chi connectivity index (χ2n) is 5.92. The Balaban J connectivity index is 1.50. The number of halogens is 1. The van der Waals surface area contributed by atoms with Crippen molar-refractivity contribution in [2.24, 2.45) is 0 Å². The van der Waals surface area contributed by atoms with E-state index in [4.69, 9.17) is 0 Å². The maximum absolute atomic E-state index is 12.9. The van der Waals surface area contributed by atoms with Gasteiger partial charge in [-0.1, -0.05) is 12.1 Å². The zero-order valence-corrected chi connectivity index (χ0v) is 11.6. The normalized spacial score (nSPS) is 30.2. The fraction of sp³-hybridized carbons (Fsp3) is 0.562. The van der Waals surface area contributed by atoms with Crippen LogP contribution in [0.3, 0.4) is 0 Å². The van der Waals surface area contributed by atoms with Crippen LogP contribution in [-0.2, 0) is 4.79 Å². The van der Waals surface area contributed by atoms with Crippen molar-refractivity contribution in [3.05, 3.63) is 35.6 Å². The fourth-order valence-corrected chi connectivity index (χ4v) is 3.14. The molecule has 0 aromatic heterocycles. The summed E-state index contributed by atoms with van der Waals surface area (Å²) in [6, 6.07) is 7.17. The van der Waals surface area contributed by atoms with E-state index >= 15 is 0 Å². The Kier molecular flexibility index (Phi) is 4.01. The van der Waals surface area contributed by atoms with Crippen LogP contribution in [0.25, 0.3) is 0 Å². The van der Waals surface area contributed by atoms with Gasteiger partial charge in [0.05, 0.1) is 6.04 Å². The number of hydrogen-bond acceptors (Lipinski definition) is 2. The molecule has 1 amide bonds. The highest BCUT2D eigenvalue weighted by atomic mass is 19.1. The number of carbonyl (C=O) groups excluding carboxylic acids is 1. The largest absolute Gasteiger partial charge is 0.355 e. The summed E-state index contributed by atoms with van der Waals surface area (Å²) in [5.74, 6) is 0.465. The summed E-state index contributed by atoms with van der Waals surface area (Å²) in [7, 11) is 0. The van der Waals surface area contributed by atoms with Crippen LogP contribution in [0.4, 0.5) is 4.39 Å². The average molecular weight is 276 g/mol. The van der Waals surface area contributed by atoms with Gasteiger partial charge in [0.1, 0.15) is 5.82 Å². The van der Waals surface area contributed by atoms with Gasteiger partial charge >= 0.3 is 0 Å². The zero-order chi connectivity index (χ0) is 13.9. The Hall–Kier alpha value is -1.42. The molecule has 1 saturated heterocycles. The van der Waals surface area contributed by atoms with Gasteiger partial charge in [-0.25, -0.2) is 4.39 Å². The third kappa shape index (κ3) is 3.01. The van der Waals surface area contributed by atoms with Gasteiger partial charge in [0.15, 0.2) is 0 Å². The first-order chi connectivity index (χ1) is 9.72. The smallest absolute Gasteiger partial charge is 0.237 e. The van der Waals surface area contributed by atoms with Crippen LogP contribution < -0.4 is 10.6 Å². The van der Waals surface area contributed by atoms with Crippen molar-refractivity contribution in [3.63, 3.8) is 0 Å². The third-order valence-electron chi connectivity index (χ3n) is 4.45. The highest BCUT2D eigenvalue weighted by Crippen LogP contribution is 2.37. The maximum atomic E-state index is 12.9. The molecule has 0 bridgehead atoms. The van der Waals surface area contributed by atoms with Crippen molar-refractivity contribution >= 4 is 5.91 Å². The van der Waals surface area contributed by atoms with Gasteiger partial charge in [0, 0.05) is 12.6 Å². The van der Waals surface area contributed by atoms with E-state index < -0.39 is 0 Å². The van der Waals surface area contributed by atoms with Crippen LogP contribution in [0.1, 0.15) is 43.6 Å². The van der Waals surface area contributed by atoms with Crippen LogP contribution in [-0.4, -0.2) is 24.5 Å². The molecule has 3 nitrogen and oxygen atoms in total. The number of benzene rings is 1. The standard InChI is InChI=1S/C16H21FN2O/c17-13-6-4-11(5-7-13)12-9-14(10-12)19-15-3-1-2-8-18-16(15)20/h4-7,12,14-15,19H,1-3,8-10H2,(H,18,20). The van der Waals surface area contributed by atoms with E-state index in [0.29, 0.717) is 12.0 Å². The minimum absolute atomic E-state index is 0.0309. The number of amides is 1. The molecule has 1 saturated carbocycles. The first-order valence-electron chi connectivity index (χ1n) is 7.51. The SMILES string of the molecule is O=C1NCCCCC1NC1CC(c2ccc(F)cc2)C1. The molecule has 1 aromatic rings. The summed E-state index contributed by atoms with van der Waals surface area (Å²) >= 11 is 0. The van der Waals surface area contributed by atoms with E-state index in [9.17, 15) is 9.18 Å². The van der Waals surface area contributed by atoms with Crippen molar-refractivity contribution in [1.82, 2.24) is 10.6 Å². The van der Waals surface area contributed by atoms with E-state index in [-0.39, 0.29) is 17.8 Å². The van der Waals surface area contributed by atoms with Gasteiger partial charge < -0.3 is 10.6 Å². The number of rotatable bonds is 3. The second kappa shape index (κ2) is 5.92. The van der Waals surface area contributed by atoms with E-state index in [1.54, 1.807) is 0 Å². The number of hydrogen-bond donors (Lipinski definition) is 2. The van der Waals surface area contributed by atoms with Gasteiger partial charge in [0.25, 0.3) is 0 Å². The van der Waals surface area contributed by atoms with Crippen LogP contribution in [0.2, 0.25) is 0 Å². The lowest BCUT2D eigenvalue weighted by molar-refractivity contribution is -0.123. The van der Waals surface area contributed by atoms with Crippen molar-refractivity contribution in [2.45, 2.75) is 50.1 Å². The Morgan fingerprint density at radius 3 is 2.65 bits per heavy atom. The Labute approximate surface area is 118 Å². The van der Waals surface area contributed by atoms with Gasteiger partial charge in [-0.05, 0) is 55.7 Å². The molecule has 4 heteroatoms. The molecule has 0 radical (unpaired) electrons. The molecule has 1 aliphatic heterocycles. The predicted octanol–water partition coefficient (Wildman–Crippen LogP) is 2.33. The van der Waals surface area contributed by atoms with Crippen LogP contribution in [0.15, 0.2) is 24.3 Å². The van der Waals surface area contributed by atoms with Crippen LogP contribution >= 0.6 is 0 Å². The monoisotopic (exact) mass is 276 g/mol. The summed E-state index contributed by atoms with van der Waals surface area (Å²) in [4.78, 5) is 11.9. The maximum Gasteiger partial charge on any atom is 0.237 e. The Morgan fingerprint density at radius 1 is 1.15 bits per heavy atom. The van der Waals surface area contributed by atoms with E-state index in [1.807, 2.05) is 12.1 Å². The average Bonchev–Trinajstić information content (AvgIpc) is 2.60. The Morgan fingerprint density at radius 2 is 1.90 bits per heavy atom. The van der Waals surface area contributed by atoms with E-state index in [1.165, 1.54) is 17.7 Å². The molecule has 1 heterocycles. The van der Waals surface area contributed by atoms with Gasteiger partial charge in [-0.3, -0.25) is 4.79 Å². The lowest BCUT2D eigenvalue weighted by atomic mass is 9.75. The molecule has 2 N–H and O–H groups in total. The lowest BCUT2D eigenvalue weighted by Gasteiger charge is -2.38. The lowest BCUT2D eigenvalue weighted by Crippen LogP contribution is -2.51. The minimum Gasteiger partial charge on any atom is -0.355 e. The van der Waals surface area contributed by atoms with E-state index in [0.717, 1.165) is 38.6 Å². The molecular formula is C16H21FN2O. The second-order valence-corrected chi connectivity index (χ2v) is 5.92. The highest BCUT2D eigenvalue weighted by molar-refractivity contribution is 5.81. The molecule has 1 aliphatic carbocycles. The number of carbonyl (C=O) groups is 1. The first-order valence-corrected chi connectivity index (χ1v) is 7.51. The molecule has 0 spiro atoms. The van der Waals surface area contributed by atoms with Crippen LogP contribution in [0, 0.1) is 5.82 Å². The summed E-state index contributed by atoms with van der Waals surface area (Å²) in [5.41, 5.74) is 1.20.